The van der Waals surface area contributed by atoms with E-state index in [1.165, 1.54) is 32.1 Å². The Morgan fingerprint density at radius 2 is 1.96 bits per heavy atom. The van der Waals surface area contributed by atoms with Crippen molar-refractivity contribution in [2.24, 2.45) is 0 Å². The van der Waals surface area contributed by atoms with Gasteiger partial charge in [0, 0.05) is 30.6 Å². The maximum absolute atomic E-state index is 6.22. The van der Waals surface area contributed by atoms with Crippen LogP contribution in [0.2, 0.25) is 5.02 Å². The van der Waals surface area contributed by atoms with Gasteiger partial charge in [0.15, 0.2) is 11.7 Å². The van der Waals surface area contributed by atoms with E-state index in [4.69, 9.17) is 30.5 Å². The molecule has 6 heteroatoms. The van der Waals surface area contributed by atoms with Crippen LogP contribution >= 0.6 is 11.6 Å². The quantitative estimate of drug-likeness (QED) is 0.709. The molecule has 0 unspecified atom stereocenters. The van der Waals surface area contributed by atoms with Crippen molar-refractivity contribution in [2.45, 2.75) is 51.2 Å². The van der Waals surface area contributed by atoms with E-state index in [0.717, 1.165) is 55.9 Å². The number of benzene rings is 1. The number of aromatic nitrogens is 1. The van der Waals surface area contributed by atoms with Crippen molar-refractivity contribution >= 4 is 11.6 Å². The van der Waals surface area contributed by atoms with E-state index < -0.39 is 0 Å². The number of rotatable bonds is 6. The topological polar surface area (TPSA) is 47.7 Å². The predicted octanol–water partition coefficient (Wildman–Crippen LogP) is 4.79. The van der Waals surface area contributed by atoms with Crippen LogP contribution in [0, 0.1) is 0 Å². The lowest BCUT2D eigenvalue weighted by molar-refractivity contribution is 0.0333. The van der Waals surface area contributed by atoms with Gasteiger partial charge < -0.3 is 13.9 Å². The lowest BCUT2D eigenvalue weighted by Crippen LogP contribution is -2.36. The van der Waals surface area contributed by atoms with Gasteiger partial charge in [-0.15, -0.1) is 0 Å². The van der Waals surface area contributed by atoms with Gasteiger partial charge in [-0.25, -0.2) is 4.98 Å². The Kier molecular flexibility index (Phi) is 6.32. The monoisotopic (exact) mass is 390 g/mol. The first-order valence-electron chi connectivity index (χ1n) is 9.95. The zero-order chi connectivity index (χ0) is 18.5. The third-order valence-electron chi connectivity index (χ3n) is 5.39. The van der Waals surface area contributed by atoms with Crippen molar-refractivity contribution in [3.8, 4) is 5.75 Å². The summed E-state index contributed by atoms with van der Waals surface area (Å²) >= 11 is 6.06. The molecular formula is C21H27ClN2O3. The minimum absolute atomic E-state index is 0.375. The second-order valence-corrected chi connectivity index (χ2v) is 7.83. The lowest BCUT2D eigenvalue weighted by atomic mass is 9.89. The highest BCUT2D eigenvalue weighted by atomic mass is 35.5. The molecule has 0 atom stereocenters. The first-order chi connectivity index (χ1) is 13.3. The molecule has 146 valence electrons. The van der Waals surface area contributed by atoms with Gasteiger partial charge >= 0.3 is 0 Å². The average Bonchev–Trinajstić information content (AvgIpc) is 3.11. The molecule has 1 saturated carbocycles. The SMILES string of the molecule is Clc1cccc(OCc2oc(C3CCCCC3)nc2CN2CCOCC2)c1. The van der Waals surface area contributed by atoms with Gasteiger partial charge in [0.05, 0.1) is 13.2 Å². The maximum atomic E-state index is 6.22. The molecular weight excluding hydrogens is 364 g/mol. The predicted molar refractivity (Wildman–Crippen MR) is 104 cm³/mol. The fraction of sp³-hybridized carbons (Fsp3) is 0.571. The Bertz CT molecular complexity index is 737. The molecule has 4 rings (SSSR count). The highest BCUT2D eigenvalue weighted by Gasteiger charge is 2.25. The van der Waals surface area contributed by atoms with E-state index in [1.807, 2.05) is 24.3 Å². The molecule has 1 aliphatic carbocycles. The zero-order valence-corrected chi connectivity index (χ0v) is 16.4. The normalized spacial score (nSPS) is 19.3. The first-order valence-corrected chi connectivity index (χ1v) is 10.3. The molecule has 27 heavy (non-hydrogen) atoms. The molecule has 2 aliphatic rings. The molecule has 2 fully saturated rings. The molecule has 0 radical (unpaired) electrons. The minimum Gasteiger partial charge on any atom is -0.486 e. The summed E-state index contributed by atoms with van der Waals surface area (Å²) in [7, 11) is 0. The fourth-order valence-electron chi connectivity index (χ4n) is 3.84. The van der Waals surface area contributed by atoms with Gasteiger partial charge in [0.2, 0.25) is 0 Å². The summed E-state index contributed by atoms with van der Waals surface area (Å²) in [5.74, 6) is 2.92. The molecule has 0 bridgehead atoms. The zero-order valence-electron chi connectivity index (χ0n) is 15.7. The number of oxazole rings is 1. The number of hydrogen-bond donors (Lipinski definition) is 0. The minimum atomic E-state index is 0.375. The molecule has 1 aromatic heterocycles. The second-order valence-electron chi connectivity index (χ2n) is 7.39. The number of halogens is 1. The van der Waals surface area contributed by atoms with Crippen molar-refractivity contribution in [1.82, 2.24) is 9.88 Å². The molecule has 5 nitrogen and oxygen atoms in total. The first kappa shape index (κ1) is 18.8. The Hall–Kier alpha value is -1.56. The van der Waals surface area contributed by atoms with E-state index in [9.17, 15) is 0 Å². The summed E-state index contributed by atoms with van der Waals surface area (Å²) < 4.78 is 17.6. The van der Waals surface area contributed by atoms with E-state index in [2.05, 4.69) is 4.90 Å². The van der Waals surface area contributed by atoms with E-state index in [-0.39, 0.29) is 0 Å². The standard InChI is InChI=1S/C21H27ClN2O3/c22-17-7-4-8-18(13-17)26-15-20-19(14-24-9-11-25-12-10-24)23-21(27-20)16-5-2-1-3-6-16/h4,7-8,13,16H,1-3,5-6,9-12,14-15H2. The summed E-state index contributed by atoms with van der Waals surface area (Å²) in [6.45, 7) is 4.58. The third kappa shape index (κ3) is 5.03. The molecule has 0 spiro atoms. The molecule has 0 amide bonds. The smallest absolute Gasteiger partial charge is 0.197 e. The van der Waals surface area contributed by atoms with Crippen molar-refractivity contribution in [2.75, 3.05) is 26.3 Å². The summed E-state index contributed by atoms with van der Waals surface area (Å²) in [6, 6.07) is 7.46. The summed E-state index contributed by atoms with van der Waals surface area (Å²) in [4.78, 5) is 7.27. The molecule has 1 aromatic carbocycles. The van der Waals surface area contributed by atoms with E-state index in [1.54, 1.807) is 0 Å². The number of ether oxygens (including phenoxy) is 2. The van der Waals surface area contributed by atoms with Crippen LogP contribution in [0.1, 0.15) is 55.4 Å². The number of nitrogens with zero attached hydrogens (tertiary/aromatic N) is 2. The van der Waals surface area contributed by atoms with Crippen molar-refractivity contribution in [1.29, 1.82) is 0 Å². The second kappa shape index (κ2) is 9.09. The summed E-state index contributed by atoms with van der Waals surface area (Å²) in [5, 5.41) is 0.668. The molecule has 1 aliphatic heterocycles. The molecule has 2 heterocycles. The Labute approximate surface area is 165 Å². The van der Waals surface area contributed by atoms with Gasteiger partial charge in [0.1, 0.15) is 18.1 Å². The van der Waals surface area contributed by atoms with Crippen molar-refractivity contribution in [3.63, 3.8) is 0 Å². The average molecular weight is 391 g/mol. The molecule has 1 saturated heterocycles. The largest absolute Gasteiger partial charge is 0.486 e. The Morgan fingerprint density at radius 1 is 1.15 bits per heavy atom. The van der Waals surface area contributed by atoms with Crippen LogP contribution in [0.15, 0.2) is 28.7 Å². The van der Waals surface area contributed by atoms with Crippen molar-refractivity contribution < 1.29 is 13.9 Å². The highest BCUT2D eigenvalue weighted by molar-refractivity contribution is 6.30. The van der Waals surface area contributed by atoms with Crippen LogP contribution in [-0.4, -0.2) is 36.2 Å². The van der Waals surface area contributed by atoms with E-state index >= 15 is 0 Å². The number of hydrogen-bond acceptors (Lipinski definition) is 5. The Morgan fingerprint density at radius 3 is 2.74 bits per heavy atom. The van der Waals surface area contributed by atoms with E-state index in [0.29, 0.717) is 17.5 Å². The third-order valence-corrected chi connectivity index (χ3v) is 5.63. The van der Waals surface area contributed by atoms with Gasteiger partial charge in [-0.2, -0.15) is 0 Å². The van der Waals surface area contributed by atoms with Gasteiger partial charge in [0.25, 0.3) is 0 Å². The lowest BCUT2D eigenvalue weighted by Gasteiger charge is -2.25. The number of morpholine rings is 1. The van der Waals surface area contributed by atoms with Gasteiger partial charge in [-0.1, -0.05) is 36.9 Å². The summed E-state index contributed by atoms with van der Waals surface area (Å²) in [6.07, 6.45) is 6.20. The van der Waals surface area contributed by atoms with Crippen LogP contribution in [-0.2, 0) is 17.9 Å². The molecule has 2 aromatic rings. The highest BCUT2D eigenvalue weighted by Crippen LogP contribution is 2.33. The van der Waals surface area contributed by atoms with Gasteiger partial charge in [-0.05, 0) is 31.0 Å². The fourth-order valence-corrected chi connectivity index (χ4v) is 4.02. The van der Waals surface area contributed by atoms with Crippen LogP contribution in [0.5, 0.6) is 5.75 Å². The van der Waals surface area contributed by atoms with Crippen LogP contribution in [0.25, 0.3) is 0 Å². The van der Waals surface area contributed by atoms with Crippen LogP contribution in [0.4, 0.5) is 0 Å². The maximum Gasteiger partial charge on any atom is 0.197 e. The van der Waals surface area contributed by atoms with Crippen molar-refractivity contribution in [3.05, 3.63) is 46.6 Å². The Balaban J connectivity index is 1.50. The van der Waals surface area contributed by atoms with Crippen LogP contribution < -0.4 is 4.74 Å². The van der Waals surface area contributed by atoms with Crippen LogP contribution in [0.3, 0.4) is 0 Å². The summed E-state index contributed by atoms with van der Waals surface area (Å²) in [5.41, 5.74) is 1.000. The van der Waals surface area contributed by atoms with Gasteiger partial charge in [-0.3, -0.25) is 4.90 Å². The molecule has 0 N–H and O–H groups in total.